The average molecular weight is 253 g/mol. The monoisotopic (exact) mass is 253 g/mol. The average Bonchev–Trinajstić information content (AvgIpc) is 2.49. The predicted octanol–water partition coefficient (Wildman–Crippen LogP) is 3.10. The van der Waals surface area contributed by atoms with Crippen LogP contribution in [0.3, 0.4) is 0 Å². The van der Waals surface area contributed by atoms with Crippen LogP contribution in [-0.4, -0.2) is 13.2 Å². The van der Waals surface area contributed by atoms with Gasteiger partial charge in [-0.2, -0.15) is 0 Å². The van der Waals surface area contributed by atoms with Crippen LogP contribution >= 0.6 is 0 Å². The highest BCUT2D eigenvalue weighted by molar-refractivity contribution is 5.42. The van der Waals surface area contributed by atoms with Gasteiger partial charge in [-0.1, -0.05) is 42.5 Å². The van der Waals surface area contributed by atoms with Crippen LogP contribution in [0.25, 0.3) is 0 Å². The molecule has 1 aliphatic rings. The van der Waals surface area contributed by atoms with E-state index in [9.17, 15) is 0 Å². The van der Waals surface area contributed by atoms with Crippen molar-refractivity contribution in [1.29, 1.82) is 0 Å². The molecule has 0 amide bonds. The van der Waals surface area contributed by atoms with Gasteiger partial charge in [-0.25, -0.2) is 0 Å². The van der Waals surface area contributed by atoms with Gasteiger partial charge in [0.05, 0.1) is 6.61 Å². The van der Waals surface area contributed by atoms with Crippen molar-refractivity contribution in [3.05, 3.63) is 65.2 Å². The van der Waals surface area contributed by atoms with E-state index in [1.54, 1.807) is 0 Å². The zero-order valence-corrected chi connectivity index (χ0v) is 11.0. The van der Waals surface area contributed by atoms with Crippen LogP contribution in [0.15, 0.2) is 48.5 Å². The van der Waals surface area contributed by atoms with Crippen molar-refractivity contribution >= 4 is 0 Å². The van der Waals surface area contributed by atoms with E-state index in [1.807, 2.05) is 6.07 Å². The minimum Gasteiger partial charge on any atom is -0.493 e. The van der Waals surface area contributed by atoms with E-state index in [-0.39, 0.29) is 5.92 Å². The van der Waals surface area contributed by atoms with E-state index in [1.165, 1.54) is 16.7 Å². The Kier molecular flexibility index (Phi) is 3.51. The lowest BCUT2D eigenvalue weighted by Crippen LogP contribution is -2.15. The van der Waals surface area contributed by atoms with Crippen molar-refractivity contribution in [2.75, 3.05) is 13.2 Å². The van der Waals surface area contributed by atoms with Crippen LogP contribution in [0, 0.1) is 0 Å². The van der Waals surface area contributed by atoms with Gasteiger partial charge in [0.1, 0.15) is 5.75 Å². The summed E-state index contributed by atoms with van der Waals surface area (Å²) in [6.07, 6.45) is 2.21. The lowest BCUT2D eigenvalue weighted by atomic mass is 9.89. The highest BCUT2D eigenvalue weighted by Gasteiger charge is 2.16. The number of nitrogens with two attached hydrogens (primary N) is 1. The molecule has 2 N–H and O–H groups in total. The first-order chi connectivity index (χ1) is 9.38. The summed E-state index contributed by atoms with van der Waals surface area (Å²) in [6.45, 7) is 1.47. The molecule has 98 valence electrons. The highest BCUT2D eigenvalue weighted by atomic mass is 16.5. The van der Waals surface area contributed by atoms with Gasteiger partial charge in [0.2, 0.25) is 0 Å². The van der Waals surface area contributed by atoms with Crippen molar-refractivity contribution < 1.29 is 4.74 Å². The fourth-order valence-corrected chi connectivity index (χ4v) is 2.75. The molecule has 0 saturated heterocycles. The lowest BCUT2D eigenvalue weighted by Gasteiger charge is -2.21. The molecule has 1 heterocycles. The largest absolute Gasteiger partial charge is 0.493 e. The minimum absolute atomic E-state index is 0.272. The Morgan fingerprint density at radius 3 is 2.68 bits per heavy atom. The molecule has 2 aromatic carbocycles. The summed E-state index contributed by atoms with van der Waals surface area (Å²) in [5.74, 6) is 1.31. The molecule has 1 atom stereocenters. The first-order valence-electron chi connectivity index (χ1n) is 6.89. The summed E-state index contributed by atoms with van der Waals surface area (Å²) in [6, 6.07) is 17.0. The second-order valence-corrected chi connectivity index (χ2v) is 5.02. The van der Waals surface area contributed by atoms with E-state index >= 15 is 0 Å². The van der Waals surface area contributed by atoms with Crippen molar-refractivity contribution in [2.45, 2.75) is 18.8 Å². The second kappa shape index (κ2) is 5.45. The second-order valence-electron chi connectivity index (χ2n) is 5.02. The third-order valence-corrected chi connectivity index (χ3v) is 3.77. The molecule has 0 fully saturated rings. The molecule has 2 nitrogen and oxygen atoms in total. The quantitative estimate of drug-likeness (QED) is 0.912. The zero-order chi connectivity index (χ0) is 13.1. The maximum atomic E-state index is 5.98. The van der Waals surface area contributed by atoms with Gasteiger partial charge in [-0.15, -0.1) is 0 Å². The maximum absolute atomic E-state index is 5.98. The third kappa shape index (κ3) is 2.49. The van der Waals surface area contributed by atoms with Gasteiger partial charge < -0.3 is 10.5 Å². The summed E-state index contributed by atoms with van der Waals surface area (Å²) in [5.41, 5.74) is 9.87. The molecule has 0 saturated carbocycles. The molecule has 0 aromatic heterocycles. The molecule has 3 rings (SSSR count). The van der Waals surface area contributed by atoms with Crippen molar-refractivity contribution in [3.8, 4) is 5.75 Å². The minimum atomic E-state index is 0.272. The fraction of sp³-hybridized carbons (Fsp3) is 0.294. The van der Waals surface area contributed by atoms with E-state index in [0.717, 1.165) is 25.2 Å². The third-order valence-electron chi connectivity index (χ3n) is 3.77. The lowest BCUT2D eigenvalue weighted by molar-refractivity contribution is 0.288. The van der Waals surface area contributed by atoms with Crippen LogP contribution < -0.4 is 10.5 Å². The Balaban J connectivity index is 1.96. The maximum Gasteiger partial charge on any atom is 0.122 e. The van der Waals surface area contributed by atoms with Crippen LogP contribution in [-0.2, 0) is 6.42 Å². The molecule has 2 aromatic rings. The first kappa shape index (κ1) is 12.2. The van der Waals surface area contributed by atoms with Crippen LogP contribution in [0.2, 0.25) is 0 Å². The van der Waals surface area contributed by atoms with Crippen molar-refractivity contribution in [2.24, 2.45) is 5.73 Å². The molecular weight excluding hydrogens is 234 g/mol. The molecule has 0 bridgehead atoms. The predicted molar refractivity (Wildman–Crippen MR) is 77.6 cm³/mol. The van der Waals surface area contributed by atoms with Gasteiger partial charge in [-0.05, 0) is 35.6 Å². The van der Waals surface area contributed by atoms with Gasteiger partial charge in [-0.3, -0.25) is 0 Å². The van der Waals surface area contributed by atoms with Gasteiger partial charge >= 0.3 is 0 Å². The van der Waals surface area contributed by atoms with Crippen molar-refractivity contribution in [3.63, 3.8) is 0 Å². The molecule has 19 heavy (non-hydrogen) atoms. The number of hydrogen-bond acceptors (Lipinski definition) is 2. The number of rotatable bonds is 3. The Hall–Kier alpha value is -1.80. The summed E-state index contributed by atoms with van der Waals surface area (Å²) in [5, 5.41) is 0. The summed E-state index contributed by atoms with van der Waals surface area (Å²) < 4.78 is 5.67. The normalized spacial score (nSPS) is 15.4. The Labute approximate surface area is 114 Å². The van der Waals surface area contributed by atoms with E-state index in [0.29, 0.717) is 6.54 Å². The Bertz CT molecular complexity index is 550. The number of hydrogen-bond donors (Lipinski definition) is 1. The summed E-state index contributed by atoms with van der Waals surface area (Å²) in [4.78, 5) is 0. The molecule has 0 spiro atoms. The van der Waals surface area contributed by atoms with Crippen LogP contribution in [0.1, 0.15) is 29.0 Å². The summed E-state index contributed by atoms with van der Waals surface area (Å²) in [7, 11) is 0. The Morgan fingerprint density at radius 1 is 1.05 bits per heavy atom. The standard InChI is InChI=1S/C17H19NO/c18-12-16(13-5-2-1-3-6-13)14-8-9-17-15(11-14)7-4-10-19-17/h1-3,5-6,8-9,11,16H,4,7,10,12,18H2. The number of benzene rings is 2. The van der Waals surface area contributed by atoms with Crippen LogP contribution in [0.5, 0.6) is 5.75 Å². The van der Waals surface area contributed by atoms with E-state index in [2.05, 4.69) is 42.5 Å². The van der Waals surface area contributed by atoms with E-state index in [4.69, 9.17) is 10.5 Å². The van der Waals surface area contributed by atoms with Crippen molar-refractivity contribution in [1.82, 2.24) is 0 Å². The molecule has 1 unspecified atom stereocenters. The fourth-order valence-electron chi connectivity index (χ4n) is 2.75. The molecule has 0 radical (unpaired) electrons. The molecule has 0 aliphatic carbocycles. The Morgan fingerprint density at radius 2 is 1.89 bits per heavy atom. The first-order valence-corrected chi connectivity index (χ1v) is 6.89. The van der Waals surface area contributed by atoms with Gasteiger partial charge in [0.25, 0.3) is 0 Å². The molecule has 1 aliphatic heterocycles. The molecular formula is C17H19NO. The summed E-state index contributed by atoms with van der Waals surface area (Å²) >= 11 is 0. The van der Waals surface area contributed by atoms with Gasteiger partial charge in [0.15, 0.2) is 0 Å². The van der Waals surface area contributed by atoms with Crippen LogP contribution in [0.4, 0.5) is 0 Å². The number of ether oxygens (including phenoxy) is 1. The number of aryl methyl sites for hydroxylation is 1. The zero-order valence-electron chi connectivity index (χ0n) is 11.0. The van der Waals surface area contributed by atoms with Gasteiger partial charge in [0, 0.05) is 12.5 Å². The smallest absolute Gasteiger partial charge is 0.122 e. The number of fused-ring (bicyclic) bond motifs is 1. The SMILES string of the molecule is NCC(c1ccccc1)c1ccc2c(c1)CCCO2. The topological polar surface area (TPSA) is 35.2 Å². The van der Waals surface area contributed by atoms with E-state index < -0.39 is 0 Å². The molecule has 2 heteroatoms. The highest BCUT2D eigenvalue weighted by Crippen LogP contribution is 2.30.